The Bertz CT molecular complexity index is 189. The van der Waals surface area contributed by atoms with Crippen LogP contribution in [0, 0.1) is 0 Å². The highest BCUT2D eigenvalue weighted by Crippen LogP contribution is 2.12. The molecular formula is C11H24N2O2S. The van der Waals surface area contributed by atoms with Crippen molar-refractivity contribution in [2.75, 3.05) is 26.0 Å². The summed E-state index contributed by atoms with van der Waals surface area (Å²) in [6, 6.07) is 0.212. The lowest BCUT2D eigenvalue weighted by Crippen LogP contribution is -2.32. The molecule has 0 bridgehead atoms. The maximum absolute atomic E-state index is 11.6. The fraction of sp³-hybridized carbons (Fsp3) is 0.909. The lowest BCUT2D eigenvalue weighted by molar-refractivity contribution is -0.120. The molecule has 0 aromatic heterocycles. The van der Waals surface area contributed by atoms with Crippen molar-refractivity contribution in [3.8, 4) is 0 Å². The highest BCUT2D eigenvalue weighted by molar-refractivity contribution is 8.00. The van der Waals surface area contributed by atoms with Gasteiger partial charge < -0.3 is 15.8 Å². The SMILES string of the molecule is COCCCNC(=O)C(C)SCCC(C)N. The first-order valence-corrected chi connectivity index (χ1v) is 6.76. The molecule has 16 heavy (non-hydrogen) atoms. The molecule has 1 amide bonds. The van der Waals surface area contributed by atoms with Gasteiger partial charge in [-0.15, -0.1) is 11.8 Å². The van der Waals surface area contributed by atoms with Gasteiger partial charge in [0.2, 0.25) is 5.91 Å². The van der Waals surface area contributed by atoms with E-state index in [1.165, 1.54) is 0 Å². The van der Waals surface area contributed by atoms with Crippen LogP contribution in [0.2, 0.25) is 0 Å². The van der Waals surface area contributed by atoms with Gasteiger partial charge in [-0.25, -0.2) is 0 Å². The van der Waals surface area contributed by atoms with Crippen molar-refractivity contribution in [1.82, 2.24) is 5.32 Å². The summed E-state index contributed by atoms with van der Waals surface area (Å²) in [5.74, 6) is 1.04. The third-order valence-electron chi connectivity index (χ3n) is 2.13. The average molecular weight is 248 g/mol. The summed E-state index contributed by atoms with van der Waals surface area (Å²) in [4.78, 5) is 11.6. The predicted molar refractivity (Wildman–Crippen MR) is 69.7 cm³/mol. The summed E-state index contributed by atoms with van der Waals surface area (Å²) in [6.07, 6.45) is 1.81. The van der Waals surface area contributed by atoms with E-state index in [9.17, 15) is 4.79 Å². The highest BCUT2D eigenvalue weighted by Gasteiger charge is 2.12. The number of carbonyl (C=O) groups excluding carboxylic acids is 1. The fourth-order valence-corrected chi connectivity index (χ4v) is 2.17. The van der Waals surface area contributed by atoms with Crippen LogP contribution in [0.25, 0.3) is 0 Å². The number of methoxy groups -OCH3 is 1. The zero-order valence-corrected chi connectivity index (χ0v) is 11.3. The highest BCUT2D eigenvalue weighted by atomic mass is 32.2. The van der Waals surface area contributed by atoms with E-state index < -0.39 is 0 Å². The minimum Gasteiger partial charge on any atom is -0.385 e. The molecule has 0 aliphatic heterocycles. The van der Waals surface area contributed by atoms with Crippen molar-refractivity contribution in [2.45, 2.75) is 38.0 Å². The zero-order chi connectivity index (χ0) is 12.4. The quantitative estimate of drug-likeness (QED) is 0.598. The van der Waals surface area contributed by atoms with Crippen molar-refractivity contribution < 1.29 is 9.53 Å². The molecule has 96 valence electrons. The van der Waals surface area contributed by atoms with Crippen molar-refractivity contribution in [3.05, 3.63) is 0 Å². The van der Waals surface area contributed by atoms with Crippen LogP contribution in [0.4, 0.5) is 0 Å². The molecular weight excluding hydrogens is 224 g/mol. The molecule has 0 saturated heterocycles. The maximum Gasteiger partial charge on any atom is 0.232 e. The van der Waals surface area contributed by atoms with Gasteiger partial charge in [0.1, 0.15) is 0 Å². The molecule has 0 aromatic rings. The molecule has 0 saturated carbocycles. The first-order valence-electron chi connectivity index (χ1n) is 5.71. The van der Waals surface area contributed by atoms with Crippen molar-refractivity contribution >= 4 is 17.7 Å². The van der Waals surface area contributed by atoms with Crippen LogP contribution in [0.5, 0.6) is 0 Å². The van der Waals surface area contributed by atoms with Crippen LogP contribution in [-0.2, 0) is 9.53 Å². The lowest BCUT2D eigenvalue weighted by atomic mass is 10.3. The summed E-state index contributed by atoms with van der Waals surface area (Å²) in [5, 5.41) is 2.89. The molecule has 5 heteroatoms. The van der Waals surface area contributed by atoms with E-state index in [-0.39, 0.29) is 17.2 Å². The molecule has 0 aromatic carbocycles. The van der Waals surface area contributed by atoms with Crippen molar-refractivity contribution in [2.24, 2.45) is 5.73 Å². The second-order valence-corrected chi connectivity index (χ2v) is 5.37. The minimum atomic E-state index is 0.00120. The molecule has 0 spiro atoms. The van der Waals surface area contributed by atoms with E-state index in [0.717, 1.165) is 18.6 Å². The zero-order valence-electron chi connectivity index (χ0n) is 10.5. The predicted octanol–water partition coefficient (Wildman–Crippen LogP) is 0.998. The van der Waals surface area contributed by atoms with Gasteiger partial charge in [0, 0.05) is 26.3 Å². The van der Waals surface area contributed by atoms with Gasteiger partial charge in [-0.1, -0.05) is 0 Å². The van der Waals surface area contributed by atoms with Crippen LogP contribution in [0.1, 0.15) is 26.7 Å². The summed E-state index contributed by atoms with van der Waals surface area (Å²) >= 11 is 1.65. The van der Waals surface area contributed by atoms with Crippen LogP contribution < -0.4 is 11.1 Å². The number of nitrogens with two attached hydrogens (primary N) is 1. The Morgan fingerprint density at radius 3 is 2.75 bits per heavy atom. The fourth-order valence-electron chi connectivity index (χ4n) is 1.08. The van der Waals surface area contributed by atoms with E-state index in [0.29, 0.717) is 13.2 Å². The van der Waals surface area contributed by atoms with Crippen LogP contribution in [0.15, 0.2) is 0 Å². The molecule has 0 fully saturated rings. The topological polar surface area (TPSA) is 64.3 Å². The standard InChI is InChI=1S/C11H24N2O2S/c1-9(12)5-8-16-10(2)11(14)13-6-4-7-15-3/h9-10H,4-8,12H2,1-3H3,(H,13,14). The van der Waals surface area contributed by atoms with E-state index in [1.807, 2.05) is 13.8 Å². The van der Waals surface area contributed by atoms with Gasteiger partial charge >= 0.3 is 0 Å². The third kappa shape index (κ3) is 9.00. The number of amides is 1. The van der Waals surface area contributed by atoms with Crippen LogP contribution in [0.3, 0.4) is 0 Å². The Hall–Kier alpha value is -0.260. The molecule has 0 heterocycles. The second kappa shape index (κ2) is 9.93. The van der Waals surface area contributed by atoms with Gasteiger partial charge in [0.25, 0.3) is 0 Å². The Morgan fingerprint density at radius 1 is 1.50 bits per heavy atom. The Kier molecular flexibility index (Phi) is 9.77. The molecule has 0 aliphatic carbocycles. The summed E-state index contributed by atoms with van der Waals surface area (Å²) in [6.45, 7) is 5.28. The molecule has 0 aliphatic rings. The summed E-state index contributed by atoms with van der Waals surface area (Å²) in [5.41, 5.74) is 5.64. The Balaban J connectivity index is 3.49. The monoisotopic (exact) mass is 248 g/mol. The maximum atomic E-state index is 11.6. The number of hydrogen-bond donors (Lipinski definition) is 2. The van der Waals surface area contributed by atoms with Crippen molar-refractivity contribution in [1.29, 1.82) is 0 Å². The number of rotatable bonds is 9. The Labute approximate surface area is 103 Å². The summed E-state index contributed by atoms with van der Waals surface area (Å²) in [7, 11) is 1.66. The van der Waals surface area contributed by atoms with Crippen LogP contribution in [-0.4, -0.2) is 43.2 Å². The molecule has 0 radical (unpaired) electrons. The normalized spacial score (nSPS) is 14.5. The van der Waals surface area contributed by atoms with E-state index >= 15 is 0 Å². The molecule has 2 atom stereocenters. The van der Waals surface area contributed by atoms with E-state index in [4.69, 9.17) is 10.5 Å². The number of nitrogens with one attached hydrogen (secondary N) is 1. The molecule has 4 nitrogen and oxygen atoms in total. The minimum absolute atomic E-state index is 0.00120. The lowest BCUT2D eigenvalue weighted by Gasteiger charge is -2.12. The summed E-state index contributed by atoms with van der Waals surface area (Å²) < 4.78 is 4.90. The molecule has 0 rings (SSSR count). The van der Waals surface area contributed by atoms with E-state index in [1.54, 1.807) is 18.9 Å². The smallest absolute Gasteiger partial charge is 0.232 e. The number of carbonyl (C=O) groups is 1. The van der Waals surface area contributed by atoms with Gasteiger partial charge in [-0.2, -0.15) is 0 Å². The van der Waals surface area contributed by atoms with Crippen molar-refractivity contribution in [3.63, 3.8) is 0 Å². The second-order valence-electron chi connectivity index (χ2n) is 3.92. The largest absolute Gasteiger partial charge is 0.385 e. The average Bonchev–Trinajstić information content (AvgIpc) is 2.23. The Morgan fingerprint density at radius 2 is 2.19 bits per heavy atom. The van der Waals surface area contributed by atoms with E-state index in [2.05, 4.69) is 5.32 Å². The number of hydrogen-bond acceptors (Lipinski definition) is 4. The first-order chi connectivity index (χ1) is 7.57. The van der Waals surface area contributed by atoms with Crippen LogP contribution >= 0.6 is 11.8 Å². The number of thioether (sulfide) groups is 1. The number of ether oxygens (including phenoxy) is 1. The molecule has 2 unspecified atom stereocenters. The van der Waals surface area contributed by atoms with Gasteiger partial charge in [0.05, 0.1) is 5.25 Å². The molecule has 3 N–H and O–H groups in total. The van der Waals surface area contributed by atoms with Gasteiger partial charge in [-0.3, -0.25) is 4.79 Å². The van der Waals surface area contributed by atoms with Gasteiger partial charge in [0.15, 0.2) is 0 Å². The first kappa shape index (κ1) is 15.7. The third-order valence-corrected chi connectivity index (χ3v) is 3.32. The van der Waals surface area contributed by atoms with Gasteiger partial charge in [-0.05, 0) is 32.4 Å².